The van der Waals surface area contributed by atoms with Gasteiger partial charge < -0.3 is 15.4 Å². The minimum atomic E-state index is -0.324. The second-order valence-corrected chi connectivity index (χ2v) is 5.92. The number of nitrogens with one attached hydrogen (secondary N) is 2. The third-order valence-electron chi connectivity index (χ3n) is 3.22. The van der Waals surface area contributed by atoms with Gasteiger partial charge in [-0.25, -0.2) is 0 Å². The van der Waals surface area contributed by atoms with Crippen LogP contribution in [0, 0.1) is 0 Å². The molecule has 0 spiro atoms. The Hall–Kier alpha value is -2.53. The number of amides is 2. The first-order chi connectivity index (χ1) is 11.4. The smallest absolute Gasteiger partial charge is 0.255 e. The molecule has 0 heterocycles. The first-order valence-electron chi connectivity index (χ1n) is 7.46. The van der Waals surface area contributed by atoms with Crippen molar-refractivity contribution in [1.29, 1.82) is 0 Å². The highest BCUT2D eigenvalue weighted by Gasteiger charge is 2.12. The number of benzene rings is 2. The van der Waals surface area contributed by atoms with Crippen LogP contribution in [0.15, 0.2) is 42.5 Å². The Morgan fingerprint density at radius 3 is 2.29 bits per heavy atom. The normalized spacial score (nSPS) is 10.4. The maximum atomic E-state index is 12.4. The highest BCUT2D eigenvalue weighted by atomic mass is 35.5. The molecule has 2 amide bonds. The predicted octanol–water partition coefficient (Wildman–Crippen LogP) is 3.74. The van der Waals surface area contributed by atoms with Crippen LogP contribution >= 0.6 is 11.6 Å². The Morgan fingerprint density at radius 1 is 1.04 bits per heavy atom. The van der Waals surface area contributed by atoms with Crippen molar-refractivity contribution in [1.82, 2.24) is 5.32 Å². The van der Waals surface area contributed by atoms with Crippen LogP contribution in [-0.2, 0) is 0 Å². The largest absolute Gasteiger partial charge is 0.495 e. The Labute approximate surface area is 146 Å². The SMILES string of the molecule is COc1ccc(NC(=O)c2cccc(C(=O)NC(C)C)c2)cc1Cl. The van der Waals surface area contributed by atoms with Crippen molar-refractivity contribution in [2.45, 2.75) is 19.9 Å². The highest BCUT2D eigenvalue weighted by Crippen LogP contribution is 2.27. The lowest BCUT2D eigenvalue weighted by molar-refractivity contribution is 0.0943. The molecule has 0 unspecified atom stereocenters. The topological polar surface area (TPSA) is 67.4 Å². The van der Waals surface area contributed by atoms with Gasteiger partial charge in [-0.15, -0.1) is 0 Å². The molecule has 5 nitrogen and oxygen atoms in total. The second kappa shape index (κ2) is 7.84. The van der Waals surface area contributed by atoms with Gasteiger partial charge in [0.05, 0.1) is 12.1 Å². The van der Waals surface area contributed by atoms with Crippen LogP contribution in [0.25, 0.3) is 0 Å². The van der Waals surface area contributed by atoms with E-state index in [-0.39, 0.29) is 17.9 Å². The summed E-state index contributed by atoms with van der Waals surface area (Å²) in [5, 5.41) is 5.94. The third kappa shape index (κ3) is 4.49. The van der Waals surface area contributed by atoms with E-state index in [0.29, 0.717) is 27.6 Å². The van der Waals surface area contributed by atoms with Crippen molar-refractivity contribution in [2.75, 3.05) is 12.4 Å². The lowest BCUT2D eigenvalue weighted by Gasteiger charge is -2.10. The van der Waals surface area contributed by atoms with Crippen LogP contribution in [0.4, 0.5) is 5.69 Å². The van der Waals surface area contributed by atoms with E-state index in [9.17, 15) is 9.59 Å². The van der Waals surface area contributed by atoms with Gasteiger partial charge in [-0.05, 0) is 50.2 Å². The van der Waals surface area contributed by atoms with Crippen LogP contribution < -0.4 is 15.4 Å². The summed E-state index contributed by atoms with van der Waals surface area (Å²) >= 11 is 6.04. The highest BCUT2D eigenvalue weighted by molar-refractivity contribution is 6.32. The van der Waals surface area contributed by atoms with Crippen LogP contribution in [-0.4, -0.2) is 25.0 Å². The number of hydrogen-bond donors (Lipinski definition) is 2. The van der Waals surface area contributed by atoms with E-state index in [4.69, 9.17) is 16.3 Å². The Bertz CT molecular complexity index is 760. The second-order valence-electron chi connectivity index (χ2n) is 5.51. The van der Waals surface area contributed by atoms with Crippen LogP contribution in [0.1, 0.15) is 34.6 Å². The van der Waals surface area contributed by atoms with Crippen molar-refractivity contribution in [3.63, 3.8) is 0 Å². The molecule has 0 bridgehead atoms. The molecule has 2 aromatic rings. The Morgan fingerprint density at radius 2 is 1.71 bits per heavy atom. The molecule has 2 rings (SSSR count). The van der Waals surface area contributed by atoms with Gasteiger partial charge in [0, 0.05) is 22.9 Å². The molecule has 6 heteroatoms. The predicted molar refractivity (Wildman–Crippen MR) is 95.0 cm³/mol. The molecule has 24 heavy (non-hydrogen) atoms. The average Bonchev–Trinajstić information content (AvgIpc) is 2.54. The van der Waals surface area contributed by atoms with Gasteiger partial charge in [-0.2, -0.15) is 0 Å². The molecule has 0 aliphatic rings. The zero-order valence-corrected chi connectivity index (χ0v) is 14.5. The fourth-order valence-electron chi connectivity index (χ4n) is 2.09. The number of anilines is 1. The number of ether oxygens (including phenoxy) is 1. The van der Waals surface area contributed by atoms with E-state index in [1.807, 2.05) is 13.8 Å². The summed E-state index contributed by atoms with van der Waals surface area (Å²) in [5.41, 5.74) is 1.37. The van der Waals surface area contributed by atoms with Crippen LogP contribution in [0.3, 0.4) is 0 Å². The van der Waals surface area contributed by atoms with Crippen molar-refractivity contribution < 1.29 is 14.3 Å². The standard InChI is InChI=1S/C18H19ClN2O3/c1-11(2)20-17(22)12-5-4-6-13(9-12)18(23)21-14-7-8-16(24-3)15(19)10-14/h4-11H,1-3H3,(H,20,22)(H,21,23). The lowest BCUT2D eigenvalue weighted by atomic mass is 10.1. The third-order valence-corrected chi connectivity index (χ3v) is 3.51. The number of carbonyl (C=O) groups excluding carboxylic acids is 2. The molecule has 0 aromatic heterocycles. The van der Waals surface area contributed by atoms with E-state index in [1.54, 1.807) is 42.5 Å². The zero-order chi connectivity index (χ0) is 17.7. The Balaban J connectivity index is 2.15. The molecule has 0 radical (unpaired) electrons. The summed E-state index contributed by atoms with van der Waals surface area (Å²) in [6, 6.07) is 11.5. The quantitative estimate of drug-likeness (QED) is 0.866. The average molecular weight is 347 g/mol. The molecule has 0 aliphatic heterocycles. The van der Waals surface area contributed by atoms with Gasteiger partial charge in [0.1, 0.15) is 5.75 Å². The molecule has 0 atom stereocenters. The van der Waals surface area contributed by atoms with Crippen molar-refractivity contribution >= 4 is 29.1 Å². The molecule has 0 aliphatic carbocycles. The number of rotatable bonds is 5. The van der Waals surface area contributed by atoms with Gasteiger partial charge in [-0.1, -0.05) is 17.7 Å². The first kappa shape index (κ1) is 17.8. The van der Waals surface area contributed by atoms with Crippen molar-refractivity contribution in [3.05, 3.63) is 58.6 Å². The van der Waals surface area contributed by atoms with Crippen LogP contribution in [0.2, 0.25) is 5.02 Å². The monoisotopic (exact) mass is 346 g/mol. The zero-order valence-electron chi connectivity index (χ0n) is 13.7. The Kier molecular flexibility index (Phi) is 5.82. The maximum Gasteiger partial charge on any atom is 0.255 e. The molecule has 2 N–H and O–H groups in total. The van der Waals surface area contributed by atoms with Gasteiger partial charge >= 0.3 is 0 Å². The summed E-state index contributed by atoms with van der Waals surface area (Å²) in [5.74, 6) is -0.00964. The summed E-state index contributed by atoms with van der Waals surface area (Å²) in [4.78, 5) is 24.4. The fraction of sp³-hybridized carbons (Fsp3) is 0.222. The van der Waals surface area contributed by atoms with E-state index in [2.05, 4.69) is 10.6 Å². The first-order valence-corrected chi connectivity index (χ1v) is 7.84. The summed E-state index contributed by atoms with van der Waals surface area (Å²) in [6.07, 6.45) is 0. The van der Waals surface area contributed by atoms with Gasteiger partial charge in [0.2, 0.25) is 0 Å². The number of carbonyl (C=O) groups is 2. The van der Waals surface area contributed by atoms with Crippen molar-refractivity contribution in [2.24, 2.45) is 0 Å². The molecule has 0 saturated carbocycles. The molecule has 0 saturated heterocycles. The van der Waals surface area contributed by atoms with Gasteiger partial charge in [0.25, 0.3) is 11.8 Å². The summed E-state index contributed by atoms with van der Waals surface area (Å²) < 4.78 is 5.07. The van der Waals surface area contributed by atoms with Gasteiger partial charge in [0.15, 0.2) is 0 Å². The summed E-state index contributed by atoms with van der Waals surface area (Å²) in [7, 11) is 1.52. The molecular weight excluding hydrogens is 328 g/mol. The fourth-order valence-corrected chi connectivity index (χ4v) is 2.35. The minimum Gasteiger partial charge on any atom is -0.495 e. The van der Waals surface area contributed by atoms with Crippen molar-refractivity contribution in [3.8, 4) is 5.75 Å². The van der Waals surface area contributed by atoms with E-state index in [1.165, 1.54) is 7.11 Å². The van der Waals surface area contributed by atoms with Gasteiger partial charge in [-0.3, -0.25) is 9.59 Å². The number of methoxy groups -OCH3 is 1. The van der Waals surface area contributed by atoms with E-state index < -0.39 is 0 Å². The van der Waals surface area contributed by atoms with E-state index in [0.717, 1.165) is 0 Å². The van der Waals surface area contributed by atoms with E-state index >= 15 is 0 Å². The lowest BCUT2D eigenvalue weighted by Crippen LogP contribution is -2.30. The molecular formula is C18H19ClN2O3. The number of hydrogen-bond acceptors (Lipinski definition) is 3. The minimum absolute atomic E-state index is 0.0245. The summed E-state index contributed by atoms with van der Waals surface area (Å²) in [6.45, 7) is 3.75. The maximum absolute atomic E-state index is 12.4. The molecule has 126 valence electrons. The van der Waals surface area contributed by atoms with Crippen LogP contribution in [0.5, 0.6) is 5.75 Å². The number of halogens is 1. The molecule has 0 fully saturated rings. The molecule has 2 aromatic carbocycles.